The Morgan fingerprint density at radius 1 is 0.107 bits per heavy atom. The van der Waals surface area contributed by atoms with E-state index in [4.69, 9.17) is 33.2 Å². The third-order valence-corrected chi connectivity index (χ3v) is 15.7. The highest BCUT2D eigenvalue weighted by atomic mass is 35.8. The minimum absolute atomic E-state index is 1.37. The summed E-state index contributed by atoms with van der Waals surface area (Å²) in [5.41, 5.74) is 0. The fourth-order valence-corrected chi connectivity index (χ4v) is 9.66. The lowest BCUT2D eigenvalue weighted by atomic mass is 10.1. The Balaban J connectivity index is -0.000000108. The molecule has 0 saturated carbocycles. The minimum Gasteiger partial charge on any atom is -0.125 e. The number of rotatable bonds is 56. The van der Waals surface area contributed by atoms with Gasteiger partial charge in [-0.05, 0) is 0 Å². The molecule has 521 valence electrons. The van der Waals surface area contributed by atoms with Gasteiger partial charge in [-0.1, -0.05) is 522 Å². The molecule has 0 fully saturated rings. The quantitative estimate of drug-likeness (QED) is 0.0323. The Morgan fingerprint density at radius 3 is 0.179 bits per heavy atom. The van der Waals surface area contributed by atoms with Crippen LogP contribution in [0.4, 0.5) is 0 Å². The third kappa shape index (κ3) is 172. The van der Waals surface area contributed by atoms with Gasteiger partial charge in [0.25, 0.3) is 0 Å². The molecule has 0 spiro atoms. The average molecular weight is 1270 g/mol. The van der Waals surface area contributed by atoms with Gasteiger partial charge in [0.1, 0.15) is 0 Å². The Hall–Kier alpha value is 1.09. The summed E-state index contributed by atoms with van der Waals surface area (Å²) < 4.78 is 0. The van der Waals surface area contributed by atoms with Crippen LogP contribution in [-0.2, 0) is 0 Å². The molecule has 0 aliphatic carbocycles. The molecule has 0 N–H and O–H groups in total. The van der Waals surface area contributed by atoms with Crippen LogP contribution in [0, 0.1) is 0 Å². The highest BCUT2D eigenvalue weighted by Crippen LogP contribution is 2.13. The van der Waals surface area contributed by atoms with Crippen LogP contribution in [0.25, 0.3) is 0 Å². The van der Waals surface area contributed by atoms with Gasteiger partial charge in [0, 0.05) is 0 Å². The first-order valence-electron chi connectivity index (χ1n) is 39.9. The molecule has 0 nitrogen and oxygen atoms in total. The van der Waals surface area contributed by atoms with Crippen LogP contribution >= 0.6 is 33.2 Å². The van der Waals surface area contributed by atoms with Crippen molar-refractivity contribution in [3.05, 3.63) is 0 Å². The van der Waals surface area contributed by atoms with E-state index in [1.807, 2.05) is 0 Å². The van der Waals surface area contributed by atoms with E-state index in [-0.39, 0.29) is 0 Å². The summed E-state index contributed by atoms with van der Waals surface area (Å²) in [6, 6.07) is 0. The molecule has 0 aromatic heterocycles. The molecule has 1 radical (unpaired) electrons. The summed E-state index contributed by atoms with van der Waals surface area (Å²) in [6.07, 6.45) is 91.7. The van der Waals surface area contributed by atoms with Crippen LogP contribution < -0.4 is 0 Å². The summed E-state index contributed by atoms with van der Waals surface area (Å²) in [4.78, 5) is 0. The van der Waals surface area contributed by atoms with Crippen molar-refractivity contribution in [2.75, 3.05) is 0 Å². The second-order valence-electron chi connectivity index (χ2n) is 25.2. The normalized spacial score (nSPS) is 10.1. The van der Waals surface area contributed by atoms with Gasteiger partial charge in [-0.3, -0.25) is 0 Å². The number of hydrogen-bond donors (Lipinski definition) is 0. The van der Waals surface area contributed by atoms with E-state index in [1.54, 1.807) is 0 Å². The van der Waals surface area contributed by atoms with E-state index in [0.717, 1.165) is 0 Å². The van der Waals surface area contributed by atoms with Gasteiger partial charge in [-0.15, -0.1) is 33.2 Å². The highest BCUT2D eigenvalue weighted by Gasteiger charge is 1.94. The zero-order valence-corrected chi connectivity index (χ0v) is 66.2. The molecular formula is C80H176Cl3Si. The molecule has 4 heteroatoms. The van der Waals surface area contributed by atoms with E-state index < -0.39 is 6.73 Å². The van der Waals surface area contributed by atoms with Crippen molar-refractivity contribution in [2.45, 2.75) is 522 Å². The molecule has 0 aliphatic heterocycles. The predicted molar refractivity (Wildman–Crippen MR) is 410 cm³/mol. The fourth-order valence-electron chi connectivity index (χ4n) is 9.66. The number of hydrogen-bond acceptors (Lipinski definition) is 0. The summed E-state index contributed by atoms with van der Waals surface area (Å²) >= 11 is 14.7. The van der Waals surface area contributed by atoms with Gasteiger partial charge in [-0.25, -0.2) is 0 Å². The van der Waals surface area contributed by atoms with Crippen molar-refractivity contribution in [3.63, 3.8) is 0 Å². The monoisotopic (exact) mass is 1270 g/mol. The van der Waals surface area contributed by atoms with Gasteiger partial charge in [0.05, 0.1) is 0 Å². The summed E-state index contributed by atoms with van der Waals surface area (Å²) in [5, 5.41) is 0. The molecule has 0 aromatic carbocycles. The first-order chi connectivity index (χ1) is 41.0. The molecule has 0 bridgehead atoms. The third-order valence-electron chi connectivity index (χ3n) is 15.7. The van der Waals surface area contributed by atoms with Crippen LogP contribution in [-0.4, -0.2) is 6.73 Å². The Labute approximate surface area is 558 Å². The molecule has 0 unspecified atom stereocenters. The van der Waals surface area contributed by atoms with Crippen LogP contribution in [0.5, 0.6) is 0 Å². The van der Waals surface area contributed by atoms with Crippen molar-refractivity contribution in [2.24, 2.45) is 0 Å². The van der Waals surface area contributed by atoms with Gasteiger partial charge in [0.15, 0.2) is 0 Å². The van der Waals surface area contributed by atoms with Crippen molar-refractivity contribution in [1.29, 1.82) is 0 Å². The molecule has 0 aromatic rings. The van der Waals surface area contributed by atoms with E-state index in [2.05, 4.69) is 111 Å². The Bertz CT molecular complexity index is 579. The molecule has 84 heavy (non-hydrogen) atoms. The summed E-state index contributed by atoms with van der Waals surface area (Å²) in [5.74, 6) is 0. The smallest absolute Gasteiger partial charge is 0.125 e. The lowest BCUT2D eigenvalue weighted by Crippen LogP contribution is -1.77. The molecule has 0 amide bonds. The molecule has 0 rings (SSSR count). The second kappa shape index (κ2) is 125. The average Bonchev–Trinajstić information content (AvgIpc) is 3.49. The van der Waals surface area contributed by atoms with Gasteiger partial charge >= 0.3 is 6.73 Å². The largest absolute Gasteiger partial charge is 0.376 e. The van der Waals surface area contributed by atoms with Crippen LogP contribution in [0.2, 0.25) is 0 Å². The van der Waals surface area contributed by atoms with Crippen molar-refractivity contribution >= 4 is 40.0 Å². The lowest BCUT2D eigenvalue weighted by molar-refractivity contribution is 0.585. The standard InChI is InChI=1S/8C10H22.Cl3Si/c8*1-3-5-7-9-10-8-6-4-2;1-4(2)3/h8*3-10H2,1-2H3;. The minimum atomic E-state index is -1.46. The fraction of sp³-hybridized carbons (Fsp3) is 1.00. The summed E-state index contributed by atoms with van der Waals surface area (Å²) in [6.45, 7) is 34.9. The molecule has 0 saturated heterocycles. The van der Waals surface area contributed by atoms with Gasteiger partial charge in [-0.2, -0.15) is 0 Å². The van der Waals surface area contributed by atoms with E-state index in [0.29, 0.717) is 0 Å². The van der Waals surface area contributed by atoms with Gasteiger partial charge < -0.3 is 0 Å². The maximum atomic E-state index is 4.91. The van der Waals surface area contributed by atoms with E-state index >= 15 is 0 Å². The Morgan fingerprint density at radius 2 is 0.143 bits per heavy atom. The van der Waals surface area contributed by atoms with Crippen LogP contribution in [0.1, 0.15) is 522 Å². The Kier molecular flexibility index (Phi) is 155. The maximum absolute atomic E-state index is 4.91. The lowest BCUT2D eigenvalue weighted by Gasteiger charge is -1.97. The van der Waals surface area contributed by atoms with Crippen molar-refractivity contribution in [3.8, 4) is 0 Å². The molecule has 0 heterocycles. The second-order valence-corrected chi connectivity index (χ2v) is 30.8. The first kappa shape index (κ1) is 104. The van der Waals surface area contributed by atoms with Gasteiger partial charge in [0.2, 0.25) is 0 Å². The van der Waals surface area contributed by atoms with Crippen LogP contribution in [0.15, 0.2) is 0 Å². The van der Waals surface area contributed by atoms with E-state index in [1.165, 1.54) is 411 Å². The SMILES string of the molecule is CCCCCCCCCC.CCCCCCCCCC.CCCCCCCCCC.CCCCCCCCCC.CCCCCCCCCC.CCCCCCCCCC.CCCCCCCCCC.CCCCCCCCCC.Cl[Si](Cl)Cl. The first-order valence-corrected chi connectivity index (χ1v) is 44.4. The van der Waals surface area contributed by atoms with Crippen LogP contribution in [0.3, 0.4) is 0 Å². The van der Waals surface area contributed by atoms with Crippen molar-refractivity contribution in [1.82, 2.24) is 0 Å². The zero-order chi connectivity index (χ0) is 64.8. The predicted octanol–water partition coefficient (Wildman–Crippen LogP) is 34.9. The van der Waals surface area contributed by atoms with E-state index in [9.17, 15) is 0 Å². The topological polar surface area (TPSA) is 0 Å². The number of unbranched alkanes of at least 4 members (excludes halogenated alkanes) is 56. The molecule has 0 atom stereocenters. The van der Waals surface area contributed by atoms with Crippen molar-refractivity contribution < 1.29 is 0 Å². The molecule has 0 aliphatic rings. The zero-order valence-electron chi connectivity index (χ0n) is 62.9. The maximum Gasteiger partial charge on any atom is 0.376 e. The number of halogens is 3. The molecular weight excluding hydrogens is 1100 g/mol. The highest BCUT2D eigenvalue weighted by molar-refractivity contribution is 7.54. The summed E-state index contributed by atoms with van der Waals surface area (Å²) in [7, 11) is 0.